The second-order valence-electron chi connectivity index (χ2n) is 4.63. The summed E-state index contributed by atoms with van der Waals surface area (Å²) in [6, 6.07) is 0. The molecule has 9 heteroatoms. The highest BCUT2D eigenvalue weighted by molar-refractivity contribution is 7.89. The Hall–Kier alpha value is -1.16. The summed E-state index contributed by atoms with van der Waals surface area (Å²) in [5.74, 6) is -0.0257. The molecular formula is C10H18N4O4S. The van der Waals surface area contributed by atoms with E-state index in [1.807, 2.05) is 0 Å². The van der Waals surface area contributed by atoms with Crippen molar-refractivity contribution in [3.63, 3.8) is 0 Å². The summed E-state index contributed by atoms with van der Waals surface area (Å²) in [6.07, 6.45) is 0.577. The molecular weight excluding hydrogens is 272 g/mol. The van der Waals surface area contributed by atoms with Crippen molar-refractivity contribution in [1.82, 2.24) is 14.1 Å². The molecule has 0 radical (unpaired) electrons. The molecule has 2 unspecified atom stereocenters. The van der Waals surface area contributed by atoms with E-state index < -0.39 is 16.1 Å². The highest BCUT2D eigenvalue weighted by atomic mass is 32.2. The van der Waals surface area contributed by atoms with E-state index in [9.17, 15) is 8.42 Å². The fraction of sp³-hybridized carbons (Fsp3) is 0.700. The largest absolute Gasteiger partial charge is 0.394 e. The van der Waals surface area contributed by atoms with Gasteiger partial charge in [0.05, 0.1) is 18.8 Å². The number of hydrogen-bond acceptors (Lipinski definition) is 6. The van der Waals surface area contributed by atoms with Gasteiger partial charge in [0.1, 0.15) is 4.90 Å². The van der Waals surface area contributed by atoms with Gasteiger partial charge in [-0.1, -0.05) is 0 Å². The standard InChI is InChI=1S/C10H18N4O4S/c1-7-3-14(4-8(6-15)18-7)19(16,17)9-5-13(2)12-10(9)11/h5,7-8,15H,3-4,6H2,1-2H3,(H2,11,12). The number of aliphatic hydroxyl groups excluding tert-OH is 1. The Morgan fingerprint density at radius 2 is 2.26 bits per heavy atom. The van der Waals surface area contributed by atoms with Crippen LogP contribution in [0.2, 0.25) is 0 Å². The van der Waals surface area contributed by atoms with Crippen LogP contribution >= 0.6 is 0 Å². The molecule has 2 rings (SSSR count). The maximum atomic E-state index is 12.5. The Morgan fingerprint density at radius 1 is 1.58 bits per heavy atom. The van der Waals surface area contributed by atoms with E-state index in [0.717, 1.165) is 0 Å². The van der Waals surface area contributed by atoms with Gasteiger partial charge in [-0.15, -0.1) is 0 Å². The van der Waals surface area contributed by atoms with Gasteiger partial charge in [-0.05, 0) is 6.92 Å². The summed E-state index contributed by atoms with van der Waals surface area (Å²) in [5, 5.41) is 13.0. The van der Waals surface area contributed by atoms with E-state index in [1.54, 1.807) is 14.0 Å². The van der Waals surface area contributed by atoms with E-state index in [2.05, 4.69) is 5.10 Å². The Kier molecular flexibility index (Phi) is 3.81. The average molecular weight is 290 g/mol. The second-order valence-corrected chi connectivity index (χ2v) is 6.53. The molecule has 8 nitrogen and oxygen atoms in total. The van der Waals surface area contributed by atoms with Gasteiger partial charge in [0.2, 0.25) is 10.0 Å². The van der Waals surface area contributed by atoms with Gasteiger partial charge in [-0.2, -0.15) is 9.40 Å². The van der Waals surface area contributed by atoms with Crippen LogP contribution in [0.1, 0.15) is 6.92 Å². The number of anilines is 1. The first-order valence-corrected chi connectivity index (χ1v) is 7.34. The van der Waals surface area contributed by atoms with Crippen LogP contribution in [0.25, 0.3) is 0 Å². The van der Waals surface area contributed by atoms with Crippen LogP contribution in [-0.4, -0.2) is 59.5 Å². The third kappa shape index (κ3) is 2.73. The Balaban J connectivity index is 2.31. The van der Waals surface area contributed by atoms with Gasteiger partial charge in [0.15, 0.2) is 5.82 Å². The molecule has 0 amide bonds. The predicted molar refractivity (Wildman–Crippen MR) is 67.8 cm³/mol. The Morgan fingerprint density at radius 3 is 2.79 bits per heavy atom. The molecule has 2 heterocycles. The number of aromatic nitrogens is 2. The maximum Gasteiger partial charge on any atom is 0.248 e. The number of rotatable bonds is 3. The number of hydrogen-bond donors (Lipinski definition) is 2. The number of morpholine rings is 1. The normalized spacial score (nSPS) is 25.6. The van der Waals surface area contributed by atoms with E-state index >= 15 is 0 Å². The van der Waals surface area contributed by atoms with Crippen molar-refractivity contribution in [3.05, 3.63) is 6.20 Å². The van der Waals surface area contributed by atoms with Crippen molar-refractivity contribution in [2.75, 3.05) is 25.4 Å². The zero-order chi connectivity index (χ0) is 14.2. The van der Waals surface area contributed by atoms with Gasteiger partial charge in [-0.3, -0.25) is 4.68 Å². The van der Waals surface area contributed by atoms with Crippen LogP contribution in [-0.2, 0) is 21.8 Å². The van der Waals surface area contributed by atoms with Crippen molar-refractivity contribution < 1.29 is 18.3 Å². The lowest BCUT2D eigenvalue weighted by molar-refractivity contribution is -0.0750. The van der Waals surface area contributed by atoms with Crippen molar-refractivity contribution >= 4 is 15.8 Å². The Labute approximate surface area is 111 Å². The predicted octanol–water partition coefficient (Wildman–Crippen LogP) is -1.23. The smallest absolute Gasteiger partial charge is 0.248 e. The molecule has 0 spiro atoms. The summed E-state index contributed by atoms with van der Waals surface area (Å²) in [6.45, 7) is 1.88. The molecule has 0 aliphatic carbocycles. The molecule has 3 N–H and O–H groups in total. The van der Waals surface area contributed by atoms with Crippen molar-refractivity contribution in [3.8, 4) is 0 Å². The van der Waals surface area contributed by atoms with Crippen molar-refractivity contribution in [1.29, 1.82) is 0 Å². The summed E-state index contributed by atoms with van der Waals surface area (Å²) >= 11 is 0. The number of nitrogen functional groups attached to an aromatic ring is 1. The van der Waals surface area contributed by atoms with Crippen LogP contribution < -0.4 is 5.73 Å². The third-order valence-corrected chi connectivity index (χ3v) is 4.78. The quantitative estimate of drug-likeness (QED) is 0.721. The van der Waals surface area contributed by atoms with E-state index in [1.165, 1.54) is 15.2 Å². The molecule has 19 heavy (non-hydrogen) atoms. The highest BCUT2D eigenvalue weighted by Gasteiger charge is 2.35. The van der Waals surface area contributed by atoms with Gasteiger partial charge in [0.25, 0.3) is 0 Å². The first-order chi connectivity index (χ1) is 8.84. The van der Waals surface area contributed by atoms with Gasteiger partial charge < -0.3 is 15.6 Å². The molecule has 1 aromatic rings. The lowest BCUT2D eigenvalue weighted by Crippen LogP contribution is -2.50. The second kappa shape index (κ2) is 5.08. The minimum Gasteiger partial charge on any atom is -0.394 e. The Bertz CT molecular complexity index is 556. The van der Waals surface area contributed by atoms with E-state index in [-0.39, 0.29) is 36.5 Å². The molecule has 1 aromatic heterocycles. The molecule has 0 bridgehead atoms. The van der Waals surface area contributed by atoms with Crippen LogP contribution in [0, 0.1) is 0 Å². The average Bonchev–Trinajstić information content (AvgIpc) is 2.68. The number of aryl methyl sites for hydroxylation is 1. The maximum absolute atomic E-state index is 12.5. The molecule has 108 valence electrons. The fourth-order valence-corrected chi connectivity index (χ4v) is 3.76. The lowest BCUT2D eigenvalue weighted by Gasteiger charge is -2.34. The summed E-state index contributed by atoms with van der Waals surface area (Å²) < 4.78 is 33.0. The van der Waals surface area contributed by atoms with E-state index in [0.29, 0.717) is 0 Å². The molecule has 1 fully saturated rings. The third-order valence-electron chi connectivity index (χ3n) is 2.94. The number of aliphatic hydroxyl groups is 1. The zero-order valence-corrected chi connectivity index (χ0v) is 11.7. The zero-order valence-electron chi connectivity index (χ0n) is 10.9. The number of nitrogens with zero attached hydrogens (tertiary/aromatic N) is 3. The SMILES string of the molecule is CC1CN(S(=O)(=O)c2cn(C)nc2N)CC(CO)O1. The number of sulfonamides is 1. The van der Waals surface area contributed by atoms with E-state index in [4.69, 9.17) is 15.6 Å². The van der Waals surface area contributed by atoms with Crippen LogP contribution in [0.15, 0.2) is 11.1 Å². The monoisotopic (exact) mass is 290 g/mol. The molecule has 2 atom stereocenters. The van der Waals surface area contributed by atoms with Gasteiger partial charge in [0, 0.05) is 26.3 Å². The minimum atomic E-state index is -3.71. The molecule has 0 saturated carbocycles. The van der Waals surface area contributed by atoms with Crippen molar-refractivity contribution in [2.45, 2.75) is 24.0 Å². The number of nitrogens with two attached hydrogens (primary N) is 1. The van der Waals surface area contributed by atoms with Crippen LogP contribution in [0.5, 0.6) is 0 Å². The van der Waals surface area contributed by atoms with Gasteiger partial charge in [-0.25, -0.2) is 8.42 Å². The summed E-state index contributed by atoms with van der Waals surface area (Å²) in [5.41, 5.74) is 5.62. The summed E-state index contributed by atoms with van der Waals surface area (Å²) in [7, 11) is -2.11. The molecule has 1 aliphatic heterocycles. The fourth-order valence-electron chi connectivity index (χ4n) is 2.12. The van der Waals surface area contributed by atoms with Crippen LogP contribution in [0.4, 0.5) is 5.82 Å². The molecule has 0 aromatic carbocycles. The van der Waals surface area contributed by atoms with Crippen molar-refractivity contribution in [2.24, 2.45) is 7.05 Å². The van der Waals surface area contributed by atoms with Gasteiger partial charge >= 0.3 is 0 Å². The highest BCUT2D eigenvalue weighted by Crippen LogP contribution is 2.24. The van der Waals surface area contributed by atoms with Crippen LogP contribution in [0.3, 0.4) is 0 Å². The summed E-state index contributed by atoms with van der Waals surface area (Å²) in [4.78, 5) is -0.0132. The lowest BCUT2D eigenvalue weighted by atomic mass is 10.2. The first kappa shape index (κ1) is 14.3. The molecule has 1 aliphatic rings. The topological polar surface area (TPSA) is 111 Å². The first-order valence-electron chi connectivity index (χ1n) is 5.90. The molecule has 1 saturated heterocycles. The number of ether oxygens (including phenoxy) is 1. The minimum absolute atomic E-state index is 0.0132.